The van der Waals surface area contributed by atoms with Gasteiger partial charge in [-0.05, 0) is 42.7 Å². The highest BCUT2D eigenvalue weighted by atomic mass is 79.9. The lowest BCUT2D eigenvalue weighted by atomic mass is 10.0. The molecule has 4 heteroatoms. The number of likely N-dealkylation sites (N-methyl/N-ethyl adjacent to an activating group) is 1. The second-order valence-electron chi connectivity index (χ2n) is 5.77. The third-order valence-corrected chi connectivity index (χ3v) is 5.11. The molecule has 0 radical (unpaired) electrons. The quantitative estimate of drug-likeness (QED) is 0.580. The molecule has 1 atom stereocenters. The molecule has 0 aliphatic heterocycles. The molecule has 0 spiro atoms. The number of nitrogens with one attached hydrogen (secondary N) is 1. The van der Waals surface area contributed by atoms with Crippen LogP contribution in [-0.4, -0.2) is 22.9 Å². The molecule has 0 aromatic carbocycles. The minimum absolute atomic E-state index is 0.551. The maximum absolute atomic E-state index is 4.70. The molecule has 122 valence electrons. The molecular weight excluding hydrogens is 326 g/mol. The first-order valence-electron chi connectivity index (χ1n) is 8.59. The first-order valence-corrected chi connectivity index (χ1v) is 9.38. The molecule has 1 aromatic rings. The largest absolute Gasteiger partial charge is 0.317 e. The summed E-state index contributed by atoms with van der Waals surface area (Å²) < 4.78 is 3.38. The van der Waals surface area contributed by atoms with Gasteiger partial charge in [0.2, 0.25) is 0 Å². The minimum atomic E-state index is 0.551. The lowest BCUT2D eigenvalue weighted by molar-refractivity contribution is 0.465. The monoisotopic (exact) mass is 357 g/mol. The van der Waals surface area contributed by atoms with Gasteiger partial charge in [0.15, 0.2) is 0 Å². The van der Waals surface area contributed by atoms with Crippen LogP contribution in [0, 0.1) is 0 Å². The summed E-state index contributed by atoms with van der Waals surface area (Å²) in [5.41, 5.74) is 2.53. The van der Waals surface area contributed by atoms with Gasteiger partial charge in [0.25, 0.3) is 0 Å². The van der Waals surface area contributed by atoms with Crippen LogP contribution in [0.5, 0.6) is 0 Å². The van der Waals surface area contributed by atoms with Crippen LogP contribution in [0.25, 0.3) is 0 Å². The number of aromatic nitrogens is 2. The minimum Gasteiger partial charge on any atom is -0.317 e. The summed E-state index contributed by atoms with van der Waals surface area (Å²) in [6, 6.07) is 0.551. The standard InChI is InChI=1S/C17H32BrN3/c1-5-8-9-10-11-12-14(19-4)13-16-17(18)15(6-2)20-21(16)7-3/h14,19H,5-13H2,1-4H3. The first kappa shape index (κ1) is 18.7. The molecule has 21 heavy (non-hydrogen) atoms. The van der Waals surface area contributed by atoms with E-state index in [1.165, 1.54) is 54.4 Å². The van der Waals surface area contributed by atoms with Gasteiger partial charge in [-0.3, -0.25) is 4.68 Å². The van der Waals surface area contributed by atoms with Crippen molar-refractivity contribution in [1.82, 2.24) is 15.1 Å². The average Bonchev–Trinajstić information content (AvgIpc) is 2.81. The van der Waals surface area contributed by atoms with Crippen molar-refractivity contribution in [3.05, 3.63) is 15.9 Å². The molecule has 1 unspecified atom stereocenters. The number of rotatable bonds is 11. The third-order valence-electron chi connectivity index (χ3n) is 4.20. The summed E-state index contributed by atoms with van der Waals surface area (Å²) in [6.45, 7) is 7.55. The fraction of sp³-hybridized carbons (Fsp3) is 0.824. The summed E-state index contributed by atoms with van der Waals surface area (Å²) in [4.78, 5) is 0. The molecule has 1 aromatic heterocycles. The van der Waals surface area contributed by atoms with E-state index in [9.17, 15) is 0 Å². The van der Waals surface area contributed by atoms with Crippen LogP contribution in [-0.2, 0) is 19.4 Å². The fourth-order valence-electron chi connectivity index (χ4n) is 2.79. The predicted molar refractivity (Wildman–Crippen MR) is 94.9 cm³/mol. The van der Waals surface area contributed by atoms with Crippen molar-refractivity contribution in [3.8, 4) is 0 Å². The molecule has 0 aliphatic carbocycles. The van der Waals surface area contributed by atoms with Gasteiger partial charge in [-0.15, -0.1) is 0 Å². The third kappa shape index (κ3) is 5.74. The van der Waals surface area contributed by atoms with E-state index in [2.05, 4.69) is 53.7 Å². The SMILES string of the molecule is CCCCCCCC(Cc1c(Br)c(CC)nn1CC)NC. The van der Waals surface area contributed by atoms with Crippen LogP contribution >= 0.6 is 15.9 Å². The Morgan fingerprint density at radius 2 is 1.86 bits per heavy atom. The van der Waals surface area contributed by atoms with E-state index in [0.29, 0.717) is 6.04 Å². The van der Waals surface area contributed by atoms with Gasteiger partial charge >= 0.3 is 0 Å². The van der Waals surface area contributed by atoms with E-state index in [1.54, 1.807) is 0 Å². The topological polar surface area (TPSA) is 29.9 Å². The van der Waals surface area contributed by atoms with E-state index in [-0.39, 0.29) is 0 Å². The summed E-state index contributed by atoms with van der Waals surface area (Å²) in [5, 5.41) is 8.18. The Morgan fingerprint density at radius 1 is 1.14 bits per heavy atom. The molecule has 0 fully saturated rings. The number of aryl methyl sites for hydroxylation is 2. The zero-order valence-corrected chi connectivity index (χ0v) is 15.8. The Bertz CT molecular complexity index is 401. The van der Waals surface area contributed by atoms with Crippen molar-refractivity contribution in [2.45, 2.75) is 84.7 Å². The lowest BCUT2D eigenvalue weighted by Gasteiger charge is -2.17. The smallest absolute Gasteiger partial charge is 0.0766 e. The molecule has 0 saturated carbocycles. The molecule has 1 N–H and O–H groups in total. The van der Waals surface area contributed by atoms with Gasteiger partial charge in [0.1, 0.15) is 0 Å². The Hall–Kier alpha value is -0.350. The molecule has 0 saturated heterocycles. The molecule has 0 amide bonds. The number of nitrogens with zero attached hydrogens (tertiary/aromatic N) is 2. The number of hydrogen-bond acceptors (Lipinski definition) is 2. The molecule has 1 heterocycles. The van der Waals surface area contributed by atoms with E-state index in [1.807, 2.05) is 0 Å². The fourth-order valence-corrected chi connectivity index (χ4v) is 3.51. The van der Waals surface area contributed by atoms with Crippen LogP contribution in [0.4, 0.5) is 0 Å². The summed E-state index contributed by atoms with van der Waals surface area (Å²) >= 11 is 3.75. The molecule has 0 aliphatic rings. The van der Waals surface area contributed by atoms with Crippen LogP contribution in [0.2, 0.25) is 0 Å². The highest BCUT2D eigenvalue weighted by Gasteiger charge is 2.17. The molecule has 3 nitrogen and oxygen atoms in total. The van der Waals surface area contributed by atoms with Crippen LogP contribution < -0.4 is 5.32 Å². The Morgan fingerprint density at radius 3 is 2.43 bits per heavy atom. The Kier molecular flexibility index (Phi) is 9.25. The van der Waals surface area contributed by atoms with Gasteiger partial charge in [-0.2, -0.15) is 5.10 Å². The van der Waals surface area contributed by atoms with E-state index in [0.717, 1.165) is 19.4 Å². The first-order chi connectivity index (χ1) is 10.2. The van der Waals surface area contributed by atoms with Crippen LogP contribution in [0.3, 0.4) is 0 Å². The zero-order valence-electron chi connectivity index (χ0n) is 14.2. The Labute approximate surface area is 139 Å². The van der Waals surface area contributed by atoms with Crippen molar-refractivity contribution in [3.63, 3.8) is 0 Å². The van der Waals surface area contributed by atoms with Crippen molar-refractivity contribution in [2.75, 3.05) is 7.05 Å². The summed E-state index contributed by atoms with van der Waals surface area (Å²) in [6.07, 6.45) is 10.1. The second kappa shape index (κ2) is 10.4. The molecule has 1 rings (SSSR count). The van der Waals surface area contributed by atoms with Crippen LogP contribution in [0.1, 0.15) is 70.7 Å². The van der Waals surface area contributed by atoms with Crippen LogP contribution in [0.15, 0.2) is 4.47 Å². The van der Waals surface area contributed by atoms with Gasteiger partial charge in [0, 0.05) is 19.0 Å². The van der Waals surface area contributed by atoms with Gasteiger partial charge in [-0.25, -0.2) is 0 Å². The van der Waals surface area contributed by atoms with E-state index in [4.69, 9.17) is 5.10 Å². The maximum atomic E-state index is 4.70. The van der Waals surface area contributed by atoms with Crippen molar-refractivity contribution >= 4 is 15.9 Å². The normalized spacial score (nSPS) is 12.8. The van der Waals surface area contributed by atoms with Crippen molar-refractivity contribution < 1.29 is 0 Å². The molecular formula is C17H32BrN3. The summed E-state index contributed by atoms with van der Waals surface area (Å²) in [7, 11) is 2.08. The van der Waals surface area contributed by atoms with Gasteiger partial charge in [-0.1, -0.05) is 46.0 Å². The average molecular weight is 358 g/mol. The predicted octanol–water partition coefficient (Wildman–Crippen LogP) is 4.72. The number of halogens is 1. The molecule has 0 bridgehead atoms. The number of unbranched alkanes of at least 4 members (excludes halogenated alkanes) is 4. The van der Waals surface area contributed by atoms with Gasteiger partial charge in [0.05, 0.1) is 15.9 Å². The highest BCUT2D eigenvalue weighted by molar-refractivity contribution is 9.10. The van der Waals surface area contributed by atoms with E-state index < -0.39 is 0 Å². The van der Waals surface area contributed by atoms with Crippen molar-refractivity contribution in [1.29, 1.82) is 0 Å². The lowest BCUT2D eigenvalue weighted by Crippen LogP contribution is -2.28. The highest BCUT2D eigenvalue weighted by Crippen LogP contribution is 2.24. The van der Waals surface area contributed by atoms with Gasteiger partial charge < -0.3 is 5.32 Å². The second-order valence-corrected chi connectivity index (χ2v) is 6.56. The van der Waals surface area contributed by atoms with E-state index >= 15 is 0 Å². The Balaban J connectivity index is 2.58. The van der Waals surface area contributed by atoms with Crippen molar-refractivity contribution in [2.24, 2.45) is 0 Å². The summed E-state index contributed by atoms with van der Waals surface area (Å²) in [5.74, 6) is 0. The number of hydrogen-bond donors (Lipinski definition) is 1. The maximum Gasteiger partial charge on any atom is 0.0766 e. The zero-order chi connectivity index (χ0) is 15.7.